The largest absolute Gasteiger partial charge is 0.472 e. The summed E-state index contributed by atoms with van der Waals surface area (Å²) in [6.07, 6.45) is -3.91. The van der Waals surface area contributed by atoms with E-state index in [1.807, 2.05) is 0 Å². The van der Waals surface area contributed by atoms with Crippen LogP contribution in [0.4, 0.5) is 5.82 Å². The van der Waals surface area contributed by atoms with Crippen LogP contribution in [0.2, 0.25) is 0 Å². The van der Waals surface area contributed by atoms with E-state index in [4.69, 9.17) is 33.7 Å². The Bertz CT molecular complexity index is 1790. The molecular formula is C22H27N9O12P2. The second kappa shape index (κ2) is 12.8. The predicted octanol–water partition coefficient (Wildman–Crippen LogP) is -1.72. The number of H-pyrrole nitrogens is 1. The molecule has 2 aliphatic heterocycles. The molecule has 2 saturated heterocycles. The lowest BCUT2D eigenvalue weighted by Crippen LogP contribution is -2.35. The minimum Gasteiger partial charge on any atom is -0.390 e. The molecule has 0 saturated carbocycles. The van der Waals surface area contributed by atoms with Crippen LogP contribution in [0, 0.1) is 5.92 Å². The highest BCUT2D eigenvalue weighted by molar-refractivity contribution is 7.47. The topological polar surface area (TPSA) is 294 Å². The van der Waals surface area contributed by atoms with Crippen LogP contribution in [0.1, 0.15) is 18.9 Å². The normalized spacial score (nSPS) is 30.1. The zero-order valence-corrected chi connectivity index (χ0v) is 24.7. The van der Waals surface area contributed by atoms with E-state index in [0.717, 1.165) is 6.33 Å². The van der Waals surface area contributed by atoms with Crippen molar-refractivity contribution in [3.8, 4) is 0 Å². The Hall–Kier alpha value is -3.33. The number of anilines is 1. The van der Waals surface area contributed by atoms with Crippen LogP contribution in [-0.4, -0.2) is 109 Å². The van der Waals surface area contributed by atoms with Gasteiger partial charge in [0.1, 0.15) is 48.8 Å². The highest BCUT2D eigenvalue weighted by Crippen LogP contribution is 2.50. The van der Waals surface area contributed by atoms with Crippen LogP contribution in [0.25, 0.3) is 22.3 Å². The lowest BCUT2D eigenvalue weighted by atomic mass is 9.97. The summed E-state index contributed by atoms with van der Waals surface area (Å²) in [6.45, 7) is -0.993. The van der Waals surface area contributed by atoms with Crippen molar-refractivity contribution in [3.63, 3.8) is 0 Å². The van der Waals surface area contributed by atoms with Gasteiger partial charge in [0.25, 0.3) is 5.56 Å². The number of carbonyl (C=O) groups is 1. The van der Waals surface area contributed by atoms with Gasteiger partial charge in [-0.1, -0.05) is 0 Å². The van der Waals surface area contributed by atoms with Crippen molar-refractivity contribution in [1.29, 1.82) is 0 Å². The van der Waals surface area contributed by atoms with Gasteiger partial charge in [-0.25, -0.2) is 29.5 Å². The predicted molar refractivity (Wildman–Crippen MR) is 149 cm³/mol. The summed E-state index contributed by atoms with van der Waals surface area (Å²) in [6, 6.07) is 0. The molecule has 21 nitrogen and oxygen atoms in total. The lowest BCUT2D eigenvalue weighted by molar-refractivity contribution is -0.110. The zero-order chi connectivity index (χ0) is 31.9. The van der Waals surface area contributed by atoms with E-state index in [0.29, 0.717) is 6.29 Å². The smallest absolute Gasteiger partial charge is 0.390 e. The number of hydrogen-bond acceptors (Lipinski definition) is 17. The van der Waals surface area contributed by atoms with Crippen LogP contribution >= 0.6 is 16.9 Å². The number of nitrogens with zero attached hydrogens (tertiary/aromatic N) is 7. The van der Waals surface area contributed by atoms with Gasteiger partial charge in [-0.15, -0.1) is 0 Å². The minimum absolute atomic E-state index is 0.0256. The molecule has 7 N–H and O–H groups in total. The number of phosphoric ester groups is 1. The van der Waals surface area contributed by atoms with Crippen molar-refractivity contribution in [3.05, 3.63) is 35.7 Å². The maximum Gasteiger partial charge on any atom is 0.472 e. The molecule has 45 heavy (non-hydrogen) atoms. The highest BCUT2D eigenvalue weighted by atomic mass is 31.2. The fourth-order valence-corrected chi connectivity index (χ4v) is 6.52. The van der Waals surface area contributed by atoms with Gasteiger partial charge < -0.3 is 49.5 Å². The van der Waals surface area contributed by atoms with E-state index >= 15 is 0 Å². The number of aldehydes is 1. The van der Waals surface area contributed by atoms with Gasteiger partial charge in [0.05, 0.1) is 38.3 Å². The fraction of sp³-hybridized carbons (Fsp3) is 0.500. The SMILES string of the molecule is Nc1ncnc2c1ncn2[C@@H]1O[C@H](COP(=O)(O)O[C@@H]2[C@H](O)[C@@H](COPO)O[C@H]2n2cnc3c(=O)[nH]cnc32)[C@@H](O)[C@H]1CC=O. The number of hydrogen-bond donors (Lipinski definition) is 6. The van der Waals surface area contributed by atoms with Gasteiger partial charge in [-0.3, -0.25) is 23.0 Å². The highest BCUT2D eigenvalue weighted by Gasteiger charge is 2.51. The number of aromatic nitrogens is 8. The minimum atomic E-state index is -5.05. The Morgan fingerprint density at radius 1 is 1.02 bits per heavy atom. The average Bonchev–Trinajstić information content (AvgIpc) is 3.77. The van der Waals surface area contributed by atoms with Crippen molar-refractivity contribution in [2.75, 3.05) is 18.9 Å². The molecule has 6 rings (SSSR count). The number of aliphatic hydroxyl groups excluding tert-OH is 2. The molecule has 0 amide bonds. The number of carbonyl (C=O) groups excluding carboxylic acids is 1. The number of nitrogens with two attached hydrogens (primary N) is 1. The van der Waals surface area contributed by atoms with E-state index < -0.39 is 77.9 Å². The number of rotatable bonds is 12. The molecule has 0 aliphatic carbocycles. The van der Waals surface area contributed by atoms with Crippen LogP contribution in [0.15, 0.2) is 30.1 Å². The van der Waals surface area contributed by atoms with Gasteiger partial charge in [0.15, 0.2) is 37.9 Å². The van der Waals surface area contributed by atoms with Crippen molar-refractivity contribution >= 4 is 51.3 Å². The quantitative estimate of drug-likeness (QED) is 0.0721. The molecule has 0 aromatic carbocycles. The van der Waals surface area contributed by atoms with Gasteiger partial charge in [0.2, 0.25) is 0 Å². The molecule has 23 heteroatoms. The summed E-state index contributed by atoms with van der Waals surface area (Å²) in [5.74, 6) is -0.716. The first-order chi connectivity index (χ1) is 21.6. The Morgan fingerprint density at radius 3 is 2.47 bits per heavy atom. The molecular weight excluding hydrogens is 644 g/mol. The summed E-state index contributed by atoms with van der Waals surface area (Å²) < 4.78 is 43.2. The molecule has 2 aliphatic rings. The molecule has 242 valence electrons. The molecule has 10 atom stereocenters. The summed E-state index contributed by atoms with van der Waals surface area (Å²) in [4.78, 5) is 66.0. The number of nitrogens with one attached hydrogen (secondary N) is 1. The van der Waals surface area contributed by atoms with Crippen molar-refractivity contribution in [1.82, 2.24) is 39.0 Å². The second-order valence-corrected chi connectivity index (χ2v) is 11.9. The first-order valence-electron chi connectivity index (χ1n) is 13.2. The van der Waals surface area contributed by atoms with Crippen LogP contribution in [-0.2, 0) is 32.4 Å². The summed E-state index contributed by atoms with van der Waals surface area (Å²) in [7, 11) is -5.98. The first-order valence-corrected chi connectivity index (χ1v) is 15.6. The average molecular weight is 671 g/mol. The number of imidazole rings is 2. The first kappa shape index (κ1) is 31.6. The molecule has 2 unspecified atom stereocenters. The fourth-order valence-electron chi connectivity index (χ4n) is 5.35. The molecule has 4 aromatic heterocycles. The van der Waals surface area contributed by atoms with Crippen LogP contribution in [0.3, 0.4) is 0 Å². The zero-order valence-electron chi connectivity index (χ0n) is 22.8. The number of ether oxygens (including phenoxy) is 2. The van der Waals surface area contributed by atoms with E-state index in [-0.39, 0.29) is 41.2 Å². The molecule has 2 fully saturated rings. The van der Waals surface area contributed by atoms with E-state index in [1.165, 1.54) is 28.1 Å². The van der Waals surface area contributed by atoms with E-state index in [2.05, 4.69) is 29.9 Å². The van der Waals surface area contributed by atoms with Crippen LogP contribution < -0.4 is 11.3 Å². The monoisotopic (exact) mass is 671 g/mol. The van der Waals surface area contributed by atoms with E-state index in [1.54, 1.807) is 0 Å². The Balaban J connectivity index is 1.20. The molecule has 6 heterocycles. The second-order valence-electron chi connectivity index (χ2n) is 10.1. The Kier molecular flexibility index (Phi) is 9.01. The molecule has 4 aromatic rings. The van der Waals surface area contributed by atoms with Gasteiger partial charge in [-0.2, -0.15) is 0 Å². The van der Waals surface area contributed by atoms with Gasteiger partial charge >= 0.3 is 7.82 Å². The Morgan fingerprint density at radius 2 is 1.71 bits per heavy atom. The van der Waals surface area contributed by atoms with E-state index in [9.17, 15) is 29.3 Å². The number of fused-ring (bicyclic) bond motifs is 2. The number of nitrogen functional groups attached to an aromatic ring is 1. The molecule has 0 bridgehead atoms. The van der Waals surface area contributed by atoms with Crippen molar-refractivity contribution in [2.45, 2.75) is 49.4 Å². The van der Waals surface area contributed by atoms with Crippen LogP contribution in [0.5, 0.6) is 0 Å². The maximum absolute atomic E-state index is 13.2. The maximum atomic E-state index is 13.2. The molecule has 0 radical (unpaired) electrons. The number of aromatic amines is 1. The summed E-state index contributed by atoms with van der Waals surface area (Å²) in [5, 5.41) is 22.0. The number of phosphoric acid groups is 1. The van der Waals surface area contributed by atoms with Crippen molar-refractivity contribution < 1.29 is 52.4 Å². The standard InChI is InChI=1S/C22H27N9O12P2/c23-17-12-18(25-5-24-17)30(7-28-12)21-9(1-2-32)14(33)11(41-21)4-40-45(37,38)43-16-15(34)10(3-39-44-36)42-22(16)31-8-29-13-19(31)26-6-27-20(13)35/h2,5-11,14-16,21-22,33-34,36,44H,1,3-4H2,(H,37,38)(H2,23,24,25)(H,26,27,35)/t9-,10-,11-,14+,15-,16-,21-,22-/m1/s1. The third-order valence-corrected chi connectivity index (χ3v) is 8.73. The lowest BCUT2D eigenvalue weighted by Gasteiger charge is -2.25. The third-order valence-electron chi connectivity index (χ3n) is 7.45. The number of aliphatic hydroxyl groups is 2. The summed E-state index contributed by atoms with van der Waals surface area (Å²) >= 11 is 0. The Labute approximate surface area is 252 Å². The molecule has 0 spiro atoms. The van der Waals surface area contributed by atoms with Gasteiger partial charge in [0, 0.05) is 12.3 Å². The summed E-state index contributed by atoms with van der Waals surface area (Å²) in [5.41, 5.74) is 5.80. The third kappa shape index (κ3) is 6.00. The van der Waals surface area contributed by atoms with Gasteiger partial charge in [-0.05, 0) is 0 Å². The van der Waals surface area contributed by atoms with Crippen molar-refractivity contribution in [2.24, 2.45) is 5.92 Å².